The number of carbonyl (C=O) groups excluding carboxylic acids is 1. The van der Waals surface area contributed by atoms with E-state index < -0.39 is 5.97 Å². The molecule has 0 radical (unpaired) electrons. The Bertz CT molecular complexity index is 395. The number of likely N-dealkylation sites (tertiary alicyclic amines) is 1. The van der Waals surface area contributed by atoms with Gasteiger partial charge in [0, 0.05) is 30.6 Å². The molecule has 2 heterocycles. The number of hydrogen-bond acceptors (Lipinski definition) is 3. The van der Waals surface area contributed by atoms with Crippen molar-refractivity contribution in [1.29, 1.82) is 0 Å². The molecular formula is C15H26N2O3. The molecule has 0 aromatic heterocycles. The molecule has 1 amide bonds. The van der Waals surface area contributed by atoms with Crippen molar-refractivity contribution >= 4 is 11.9 Å². The molecule has 0 unspecified atom stereocenters. The average Bonchev–Trinajstić information content (AvgIpc) is 2.07. The van der Waals surface area contributed by atoms with Gasteiger partial charge in [-0.1, -0.05) is 0 Å². The summed E-state index contributed by atoms with van der Waals surface area (Å²) in [6.07, 6.45) is 2.51. The van der Waals surface area contributed by atoms with Gasteiger partial charge in [0.05, 0.1) is 5.92 Å². The van der Waals surface area contributed by atoms with Crippen molar-refractivity contribution < 1.29 is 14.7 Å². The monoisotopic (exact) mass is 282 g/mol. The van der Waals surface area contributed by atoms with Crippen molar-refractivity contribution in [3.63, 3.8) is 0 Å². The first kappa shape index (κ1) is 15.3. The van der Waals surface area contributed by atoms with Crippen molar-refractivity contribution in [2.24, 2.45) is 11.8 Å². The number of carboxylic acid groups (broad SMARTS) is 1. The minimum Gasteiger partial charge on any atom is -0.481 e. The van der Waals surface area contributed by atoms with E-state index in [-0.39, 0.29) is 22.9 Å². The lowest BCUT2D eigenvalue weighted by Crippen LogP contribution is -2.59. The molecule has 0 bridgehead atoms. The second-order valence-electron chi connectivity index (χ2n) is 7.71. The smallest absolute Gasteiger partial charge is 0.310 e. The summed E-state index contributed by atoms with van der Waals surface area (Å²) in [5.74, 6) is -0.670. The first-order chi connectivity index (χ1) is 9.08. The third-order valence-electron chi connectivity index (χ3n) is 4.32. The highest BCUT2D eigenvalue weighted by molar-refractivity contribution is 5.81. The Morgan fingerprint density at radius 2 is 1.65 bits per heavy atom. The van der Waals surface area contributed by atoms with Crippen LogP contribution in [0.15, 0.2) is 0 Å². The summed E-state index contributed by atoms with van der Waals surface area (Å²) in [6, 6.07) is 0. The van der Waals surface area contributed by atoms with E-state index in [0.29, 0.717) is 25.4 Å². The third-order valence-corrected chi connectivity index (χ3v) is 4.32. The van der Waals surface area contributed by atoms with Gasteiger partial charge in [0.15, 0.2) is 0 Å². The Hall–Kier alpha value is -1.10. The molecule has 2 saturated heterocycles. The molecule has 2 aliphatic heterocycles. The fraction of sp³-hybridized carbons (Fsp3) is 0.867. The standard InChI is InChI=1S/C15H26N2O3/c1-14(2)6-10(7-15(3,4)16-14)5-12(18)17-8-11(9-17)13(19)20/h10-11,16H,5-9H2,1-4H3,(H,19,20). The van der Waals surface area contributed by atoms with E-state index >= 15 is 0 Å². The maximum absolute atomic E-state index is 12.2. The molecule has 2 rings (SSSR count). The van der Waals surface area contributed by atoms with Crippen LogP contribution >= 0.6 is 0 Å². The van der Waals surface area contributed by atoms with Gasteiger partial charge < -0.3 is 15.3 Å². The third kappa shape index (κ3) is 3.51. The van der Waals surface area contributed by atoms with Gasteiger partial charge >= 0.3 is 5.97 Å². The SMILES string of the molecule is CC1(C)CC(CC(=O)N2CC(C(=O)O)C2)CC(C)(C)N1. The number of aliphatic carboxylic acids is 1. The summed E-state index contributed by atoms with van der Waals surface area (Å²) < 4.78 is 0. The van der Waals surface area contributed by atoms with Crippen molar-refractivity contribution in [3.8, 4) is 0 Å². The molecule has 2 N–H and O–H groups in total. The molecule has 0 spiro atoms. The molecule has 0 saturated carbocycles. The number of carbonyl (C=O) groups is 2. The Morgan fingerprint density at radius 3 is 2.10 bits per heavy atom. The van der Waals surface area contributed by atoms with Crippen molar-refractivity contribution in [3.05, 3.63) is 0 Å². The van der Waals surface area contributed by atoms with Crippen LogP contribution in [0.4, 0.5) is 0 Å². The van der Waals surface area contributed by atoms with E-state index in [1.54, 1.807) is 4.90 Å². The van der Waals surface area contributed by atoms with Crippen molar-refractivity contribution in [1.82, 2.24) is 10.2 Å². The fourth-order valence-electron chi connectivity index (χ4n) is 3.89. The quantitative estimate of drug-likeness (QED) is 0.822. The number of nitrogens with zero attached hydrogens (tertiary/aromatic N) is 1. The van der Waals surface area contributed by atoms with E-state index in [0.717, 1.165) is 12.8 Å². The molecule has 5 nitrogen and oxygen atoms in total. The predicted molar refractivity (Wildman–Crippen MR) is 76.3 cm³/mol. The maximum Gasteiger partial charge on any atom is 0.310 e. The highest BCUT2D eigenvalue weighted by Crippen LogP contribution is 2.35. The summed E-state index contributed by atoms with van der Waals surface area (Å²) in [7, 11) is 0. The van der Waals surface area contributed by atoms with Gasteiger partial charge in [0.2, 0.25) is 5.91 Å². The van der Waals surface area contributed by atoms with Crippen LogP contribution in [0.5, 0.6) is 0 Å². The van der Waals surface area contributed by atoms with Gasteiger partial charge in [-0.15, -0.1) is 0 Å². The normalized spacial score (nSPS) is 26.1. The molecule has 0 aromatic carbocycles. The van der Waals surface area contributed by atoms with E-state index in [1.165, 1.54) is 0 Å². The molecule has 114 valence electrons. The van der Waals surface area contributed by atoms with Crippen LogP contribution in [-0.2, 0) is 9.59 Å². The van der Waals surface area contributed by atoms with Crippen LogP contribution in [0.1, 0.15) is 47.0 Å². The fourth-order valence-corrected chi connectivity index (χ4v) is 3.89. The van der Waals surface area contributed by atoms with E-state index in [1.807, 2.05) is 0 Å². The molecule has 5 heteroatoms. The molecule has 2 aliphatic rings. The Balaban J connectivity index is 1.87. The van der Waals surface area contributed by atoms with Gasteiger partial charge in [0.1, 0.15) is 0 Å². The number of hydrogen-bond donors (Lipinski definition) is 2. The zero-order chi connectivity index (χ0) is 15.1. The summed E-state index contributed by atoms with van der Waals surface area (Å²) in [5, 5.41) is 12.5. The lowest BCUT2D eigenvalue weighted by molar-refractivity contribution is -0.153. The first-order valence-corrected chi connectivity index (χ1v) is 7.38. The van der Waals surface area contributed by atoms with Crippen LogP contribution in [0.3, 0.4) is 0 Å². The molecule has 0 aromatic rings. The summed E-state index contributed by atoms with van der Waals surface area (Å²) in [6.45, 7) is 9.47. The van der Waals surface area contributed by atoms with Crippen molar-refractivity contribution in [2.45, 2.75) is 58.0 Å². The largest absolute Gasteiger partial charge is 0.481 e. The van der Waals surface area contributed by atoms with Crippen molar-refractivity contribution in [2.75, 3.05) is 13.1 Å². The van der Waals surface area contributed by atoms with E-state index in [2.05, 4.69) is 33.0 Å². The van der Waals surface area contributed by atoms with E-state index in [4.69, 9.17) is 5.11 Å². The van der Waals surface area contributed by atoms with Crippen LogP contribution in [-0.4, -0.2) is 46.1 Å². The second-order valence-corrected chi connectivity index (χ2v) is 7.71. The van der Waals surface area contributed by atoms with Crippen LogP contribution in [0, 0.1) is 11.8 Å². The summed E-state index contributed by atoms with van der Waals surface area (Å²) >= 11 is 0. The number of rotatable bonds is 3. The number of carboxylic acids is 1. The highest BCUT2D eigenvalue weighted by atomic mass is 16.4. The molecular weight excluding hydrogens is 256 g/mol. The van der Waals surface area contributed by atoms with Crippen LogP contribution < -0.4 is 5.32 Å². The Labute approximate surface area is 120 Å². The van der Waals surface area contributed by atoms with Gasteiger partial charge in [0.25, 0.3) is 0 Å². The molecule has 20 heavy (non-hydrogen) atoms. The minimum absolute atomic E-state index is 0.0469. The average molecular weight is 282 g/mol. The zero-order valence-corrected chi connectivity index (χ0v) is 12.9. The predicted octanol–water partition coefficient (Wildman–Crippen LogP) is 1.48. The van der Waals surface area contributed by atoms with Crippen LogP contribution in [0.2, 0.25) is 0 Å². The number of piperidine rings is 1. The zero-order valence-electron chi connectivity index (χ0n) is 12.9. The molecule has 2 fully saturated rings. The highest BCUT2D eigenvalue weighted by Gasteiger charge is 2.41. The second kappa shape index (κ2) is 5.02. The number of nitrogens with one attached hydrogen (secondary N) is 1. The summed E-state index contributed by atoms with van der Waals surface area (Å²) in [5.41, 5.74) is 0.0937. The maximum atomic E-state index is 12.2. The first-order valence-electron chi connectivity index (χ1n) is 7.38. The van der Waals surface area contributed by atoms with Gasteiger partial charge in [-0.2, -0.15) is 0 Å². The lowest BCUT2D eigenvalue weighted by Gasteiger charge is -2.47. The topological polar surface area (TPSA) is 69.6 Å². The lowest BCUT2D eigenvalue weighted by atomic mass is 9.74. The Morgan fingerprint density at radius 1 is 1.15 bits per heavy atom. The Kier molecular flexibility index (Phi) is 3.84. The van der Waals surface area contributed by atoms with Crippen LogP contribution in [0.25, 0.3) is 0 Å². The van der Waals surface area contributed by atoms with Gasteiger partial charge in [-0.25, -0.2) is 0 Å². The van der Waals surface area contributed by atoms with Gasteiger partial charge in [-0.05, 0) is 46.5 Å². The molecule has 0 aliphatic carbocycles. The molecule has 0 atom stereocenters. The summed E-state index contributed by atoms with van der Waals surface area (Å²) in [4.78, 5) is 24.6. The van der Waals surface area contributed by atoms with Gasteiger partial charge in [-0.3, -0.25) is 9.59 Å². The minimum atomic E-state index is -0.793. The number of amides is 1. The van der Waals surface area contributed by atoms with E-state index in [9.17, 15) is 9.59 Å².